The van der Waals surface area contributed by atoms with Crippen LogP contribution in [0.1, 0.15) is 18.9 Å². The lowest BCUT2D eigenvalue weighted by Gasteiger charge is -1.89. The van der Waals surface area contributed by atoms with Crippen LogP contribution in [0.2, 0.25) is 0 Å². The van der Waals surface area contributed by atoms with E-state index in [9.17, 15) is 4.79 Å². The van der Waals surface area contributed by atoms with Gasteiger partial charge in [0.25, 0.3) is 0 Å². The van der Waals surface area contributed by atoms with Gasteiger partial charge in [-0.25, -0.2) is 4.79 Å². The molecule has 1 aromatic rings. The molecule has 0 aliphatic heterocycles. The molecule has 1 aromatic carbocycles. The fourth-order valence-corrected chi connectivity index (χ4v) is 1.13. The summed E-state index contributed by atoms with van der Waals surface area (Å²) >= 11 is 5.53. The third kappa shape index (κ3) is 8.48. The van der Waals surface area contributed by atoms with E-state index in [0.717, 1.165) is 0 Å². The van der Waals surface area contributed by atoms with Crippen molar-refractivity contribution in [1.82, 2.24) is 0 Å². The minimum absolute atomic E-state index is 0.362. The van der Waals surface area contributed by atoms with Crippen molar-refractivity contribution in [3.63, 3.8) is 0 Å². The number of hydrogen-bond donors (Lipinski definition) is 2. The van der Waals surface area contributed by atoms with E-state index in [2.05, 4.69) is 0 Å². The molecule has 0 aliphatic rings. The second-order valence-electron chi connectivity index (χ2n) is 3.39. The van der Waals surface area contributed by atoms with Gasteiger partial charge >= 0.3 is 5.97 Å². The third-order valence-electron chi connectivity index (χ3n) is 1.95. The molecule has 0 bridgehead atoms. The molecule has 0 spiro atoms. The van der Waals surface area contributed by atoms with Gasteiger partial charge < -0.3 is 10.8 Å². The molecule has 0 saturated carbocycles. The van der Waals surface area contributed by atoms with Crippen LogP contribution in [0.5, 0.6) is 0 Å². The van der Waals surface area contributed by atoms with Gasteiger partial charge in [0.05, 0.1) is 0 Å². The van der Waals surface area contributed by atoms with Crippen molar-refractivity contribution >= 4 is 17.6 Å². The van der Waals surface area contributed by atoms with Crippen LogP contribution in [0, 0.1) is 0 Å². The average molecular weight is 256 g/mol. The minimum Gasteiger partial charge on any atom is -0.478 e. The Hall–Kier alpha value is -1.32. The third-order valence-corrected chi connectivity index (χ3v) is 2.26. The molecule has 0 unspecified atom stereocenters. The lowest BCUT2D eigenvalue weighted by Crippen LogP contribution is -1.99. The Labute approximate surface area is 107 Å². The van der Waals surface area contributed by atoms with E-state index in [-0.39, 0.29) is 0 Å². The Kier molecular flexibility index (Phi) is 9.11. The van der Waals surface area contributed by atoms with E-state index in [1.54, 1.807) is 13.0 Å². The van der Waals surface area contributed by atoms with Crippen molar-refractivity contribution in [2.75, 3.05) is 6.54 Å². The minimum atomic E-state index is -0.872. The van der Waals surface area contributed by atoms with Gasteiger partial charge in [-0.3, -0.25) is 0 Å². The lowest BCUT2D eigenvalue weighted by atomic mass is 10.2. The summed E-state index contributed by atoms with van der Waals surface area (Å²) in [6, 6.07) is 9.96. The molecular weight excluding hydrogens is 238 g/mol. The number of benzene rings is 1. The molecule has 0 amide bonds. The predicted molar refractivity (Wildman–Crippen MR) is 71.1 cm³/mol. The quantitative estimate of drug-likeness (QED) is 0.642. The largest absolute Gasteiger partial charge is 0.478 e. The number of hydrogen-bond acceptors (Lipinski definition) is 2. The maximum atomic E-state index is 10.1. The van der Waals surface area contributed by atoms with Gasteiger partial charge in [0.2, 0.25) is 0 Å². The van der Waals surface area contributed by atoms with Crippen LogP contribution in [-0.2, 0) is 10.7 Å². The van der Waals surface area contributed by atoms with Crippen LogP contribution < -0.4 is 5.73 Å². The van der Waals surface area contributed by atoms with E-state index in [1.807, 2.05) is 30.3 Å². The molecule has 0 saturated heterocycles. The van der Waals surface area contributed by atoms with E-state index in [1.165, 1.54) is 5.56 Å². The van der Waals surface area contributed by atoms with Crippen molar-refractivity contribution in [1.29, 1.82) is 0 Å². The van der Waals surface area contributed by atoms with Crippen molar-refractivity contribution in [2.45, 2.75) is 19.2 Å². The van der Waals surface area contributed by atoms with Gasteiger partial charge in [0.15, 0.2) is 0 Å². The number of rotatable bonds is 4. The van der Waals surface area contributed by atoms with Gasteiger partial charge in [0, 0.05) is 11.5 Å². The van der Waals surface area contributed by atoms with Crippen molar-refractivity contribution in [2.24, 2.45) is 5.73 Å². The van der Waals surface area contributed by atoms with Crippen molar-refractivity contribution < 1.29 is 9.90 Å². The van der Waals surface area contributed by atoms with Crippen LogP contribution >= 0.6 is 11.6 Å². The predicted octanol–water partition coefficient (Wildman–Crippen LogP) is 2.79. The summed E-state index contributed by atoms with van der Waals surface area (Å²) in [6.07, 6.45) is 2.25. The van der Waals surface area contributed by atoms with Crippen LogP contribution in [0.15, 0.2) is 42.0 Å². The zero-order valence-electron chi connectivity index (χ0n) is 9.90. The SMILES string of the molecule is CC(=CCCN)C(=O)O.ClCc1ccccc1. The highest BCUT2D eigenvalue weighted by Crippen LogP contribution is 2.00. The zero-order valence-corrected chi connectivity index (χ0v) is 10.7. The Bertz CT molecular complexity index is 350. The molecule has 3 N–H and O–H groups in total. The van der Waals surface area contributed by atoms with E-state index in [4.69, 9.17) is 22.4 Å². The topological polar surface area (TPSA) is 63.3 Å². The molecule has 0 aliphatic carbocycles. The number of carboxylic acids is 1. The van der Waals surface area contributed by atoms with Gasteiger partial charge in [-0.15, -0.1) is 11.6 Å². The standard InChI is InChI=1S/C7H7Cl.C6H11NO2/c8-6-7-4-2-1-3-5-7;1-5(6(8)9)3-2-4-7/h1-5H,6H2;3H,2,4,7H2,1H3,(H,8,9). The van der Waals surface area contributed by atoms with Crippen molar-refractivity contribution in [3.8, 4) is 0 Å². The monoisotopic (exact) mass is 255 g/mol. The van der Waals surface area contributed by atoms with Gasteiger partial charge in [-0.05, 0) is 25.5 Å². The summed E-state index contributed by atoms with van der Waals surface area (Å²) < 4.78 is 0. The molecular formula is C13H18ClNO2. The first-order valence-electron chi connectivity index (χ1n) is 5.31. The first-order valence-corrected chi connectivity index (χ1v) is 5.85. The van der Waals surface area contributed by atoms with E-state index < -0.39 is 5.97 Å². The van der Waals surface area contributed by atoms with Gasteiger partial charge in [0.1, 0.15) is 0 Å². The molecule has 94 valence electrons. The summed E-state index contributed by atoms with van der Waals surface area (Å²) in [5, 5.41) is 8.30. The molecule has 3 nitrogen and oxygen atoms in total. The van der Waals surface area contributed by atoms with Crippen LogP contribution in [-0.4, -0.2) is 17.6 Å². The molecule has 0 radical (unpaired) electrons. The Morgan fingerprint density at radius 3 is 2.35 bits per heavy atom. The first kappa shape index (κ1) is 15.7. The summed E-state index contributed by atoms with van der Waals surface area (Å²) in [7, 11) is 0. The fourth-order valence-electron chi connectivity index (χ4n) is 0.954. The maximum Gasteiger partial charge on any atom is 0.330 e. The molecule has 1 rings (SSSR count). The average Bonchev–Trinajstić information content (AvgIpc) is 2.37. The number of nitrogens with two attached hydrogens (primary N) is 1. The summed E-state index contributed by atoms with van der Waals surface area (Å²) in [4.78, 5) is 10.1. The number of carbonyl (C=O) groups is 1. The molecule has 0 atom stereocenters. The van der Waals surface area contributed by atoms with Gasteiger partial charge in [-0.1, -0.05) is 36.4 Å². The summed E-state index contributed by atoms with van der Waals surface area (Å²) in [6.45, 7) is 2.06. The normalized spacial score (nSPS) is 10.4. The van der Waals surface area contributed by atoms with Crippen molar-refractivity contribution in [3.05, 3.63) is 47.5 Å². The highest BCUT2D eigenvalue weighted by Gasteiger charge is 1.95. The number of carboxylic acid groups (broad SMARTS) is 1. The second kappa shape index (κ2) is 9.87. The summed E-state index contributed by atoms with van der Waals surface area (Å²) in [5.41, 5.74) is 6.68. The van der Waals surface area contributed by atoms with Crippen LogP contribution in [0.4, 0.5) is 0 Å². The Morgan fingerprint density at radius 1 is 1.41 bits per heavy atom. The second-order valence-corrected chi connectivity index (χ2v) is 3.66. The number of alkyl halides is 1. The highest BCUT2D eigenvalue weighted by molar-refractivity contribution is 6.17. The van der Waals surface area contributed by atoms with Crippen LogP contribution in [0.3, 0.4) is 0 Å². The fraction of sp³-hybridized carbons (Fsp3) is 0.308. The lowest BCUT2D eigenvalue weighted by molar-refractivity contribution is -0.132. The van der Waals surface area contributed by atoms with Gasteiger partial charge in [-0.2, -0.15) is 0 Å². The number of aliphatic carboxylic acids is 1. The molecule has 0 fully saturated rings. The highest BCUT2D eigenvalue weighted by atomic mass is 35.5. The van der Waals surface area contributed by atoms with Crippen LogP contribution in [0.25, 0.3) is 0 Å². The van der Waals surface area contributed by atoms with E-state index in [0.29, 0.717) is 24.4 Å². The number of halogens is 1. The molecule has 0 heterocycles. The smallest absolute Gasteiger partial charge is 0.330 e. The zero-order chi connectivity index (χ0) is 13.1. The Morgan fingerprint density at radius 2 is 2.00 bits per heavy atom. The first-order chi connectivity index (χ1) is 8.11. The summed E-state index contributed by atoms with van der Waals surface area (Å²) in [5.74, 6) is -0.260. The molecule has 17 heavy (non-hydrogen) atoms. The molecule has 0 aromatic heterocycles. The Balaban J connectivity index is 0.000000302. The van der Waals surface area contributed by atoms with E-state index >= 15 is 0 Å². The maximum absolute atomic E-state index is 10.1. The molecule has 4 heteroatoms.